The van der Waals surface area contributed by atoms with Gasteiger partial charge in [-0.3, -0.25) is 0 Å². The van der Waals surface area contributed by atoms with Gasteiger partial charge in [0.05, 0.1) is 0 Å². The first-order valence-corrected chi connectivity index (χ1v) is 19.2. The molecular weight excluding hydrogens is 468 g/mol. The monoisotopic (exact) mass is 537 g/mol. The zero-order valence-electron chi connectivity index (χ0n) is 26.6. The number of rotatable bonds is 6. The van der Waals surface area contributed by atoms with Crippen LogP contribution < -0.4 is 0 Å². The molecule has 6 saturated carbocycles. The van der Waals surface area contributed by atoms with Crippen LogP contribution in [0.15, 0.2) is 0 Å². The van der Waals surface area contributed by atoms with Crippen molar-refractivity contribution in [2.24, 2.45) is 71.0 Å². The minimum absolute atomic E-state index is 1.01. The summed E-state index contributed by atoms with van der Waals surface area (Å²) in [6.07, 6.45) is 39.3. The van der Waals surface area contributed by atoms with Crippen LogP contribution >= 0.6 is 0 Å². The maximum atomic E-state index is 2.67. The Kier molecular flexibility index (Phi) is 10.4. The first-order valence-electron chi connectivity index (χ1n) is 19.2. The van der Waals surface area contributed by atoms with Gasteiger partial charge in [0.1, 0.15) is 0 Å². The lowest BCUT2D eigenvalue weighted by atomic mass is 9.54. The van der Waals surface area contributed by atoms with Crippen molar-refractivity contribution in [3.8, 4) is 0 Å². The first-order chi connectivity index (χ1) is 19.2. The molecule has 0 aromatic carbocycles. The molecule has 0 nitrogen and oxygen atoms in total. The van der Waals surface area contributed by atoms with Crippen LogP contribution in [0.25, 0.3) is 0 Å². The predicted molar refractivity (Wildman–Crippen MR) is 169 cm³/mol. The van der Waals surface area contributed by atoms with Crippen molar-refractivity contribution in [3.63, 3.8) is 0 Å². The number of hydrogen-bond acceptors (Lipinski definition) is 0. The molecule has 0 amide bonds. The molecule has 6 aliphatic carbocycles. The Morgan fingerprint density at radius 2 is 0.692 bits per heavy atom. The Bertz CT molecular complexity index is 656. The van der Waals surface area contributed by atoms with E-state index in [1.807, 2.05) is 0 Å². The lowest BCUT2D eigenvalue weighted by Gasteiger charge is -2.51. The van der Waals surface area contributed by atoms with Gasteiger partial charge < -0.3 is 0 Å². The van der Waals surface area contributed by atoms with Crippen LogP contribution in [-0.4, -0.2) is 0 Å². The van der Waals surface area contributed by atoms with Crippen LogP contribution in [0, 0.1) is 71.0 Å². The molecule has 6 atom stereocenters. The van der Waals surface area contributed by atoms with Gasteiger partial charge in [-0.2, -0.15) is 0 Å². The standard InChI is InChI=1S/C39H68/c1-28-18-20-35(26-37(28)32-14-8-4-9-15-32)39(34-24-22-31(23-25-34)30-12-6-3-7-13-30)36-21-19-29(2)38(27-36)33-16-10-5-11-17-33/h28-39H,3-27H2,1-2H3. The second-order valence-electron chi connectivity index (χ2n) is 16.9. The quantitative estimate of drug-likeness (QED) is 0.316. The van der Waals surface area contributed by atoms with E-state index < -0.39 is 0 Å². The Balaban J connectivity index is 1.18. The molecule has 6 fully saturated rings. The molecule has 0 spiro atoms. The summed E-state index contributed by atoms with van der Waals surface area (Å²) >= 11 is 0. The molecule has 0 aliphatic heterocycles. The van der Waals surface area contributed by atoms with Crippen LogP contribution in [0.5, 0.6) is 0 Å². The normalized spacial score (nSPS) is 43.2. The minimum Gasteiger partial charge on any atom is -0.0622 e. The van der Waals surface area contributed by atoms with Crippen molar-refractivity contribution < 1.29 is 0 Å². The number of hydrogen-bond donors (Lipinski definition) is 0. The van der Waals surface area contributed by atoms with E-state index in [1.165, 1.54) is 44.9 Å². The summed E-state index contributed by atoms with van der Waals surface area (Å²) in [5, 5.41) is 0. The molecule has 224 valence electrons. The van der Waals surface area contributed by atoms with Gasteiger partial charge >= 0.3 is 0 Å². The fraction of sp³-hybridized carbons (Fsp3) is 1.00. The third kappa shape index (κ3) is 6.98. The van der Waals surface area contributed by atoms with E-state index in [2.05, 4.69) is 13.8 Å². The molecule has 0 N–H and O–H groups in total. The molecule has 0 bridgehead atoms. The highest BCUT2D eigenvalue weighted by Gasteiger charge is 2.45. The zero-order chi connectivity index (χ0) is 26.6. The summed E-state index contributed by atoms with van der Waals surface area (Å²) in [6, 6.07) is 0. The van der Waals surface area contributed by atoms with Crippen LogP contribution in [0.4, 0.5) is 0 Å². The van der Waals surface area contributed by atoms with Crippen LogP contribution in [0.1, 0.15) is 174 Å². The van der Waals surface area contributed by atoms with Gasteiger partial charge in [0.15, 0.2) is 0 Å². The molecule has 0 radical (unpaired) electrons. The minimum atomic E-state index is 1.01. The second-order valence-corrected chi connectivity index (χ2v) is 16.9. The molecule has 0 saturated heterocycles. The Hall–Kier alpha value is 0. The van der Waals surface area contributed by atoms with Gasteiger partial charge in [0, 0.05) is 0 Å². The van der Waals surface area contributed by atoms with E-state index >= 15 is 0 Å². The highest BCUT2D eigenvalue weighted by Crippen LogP contribution is 2.55. The molecule has 0 heteroatoms. The Morgan fingerprint density at radius 3 is 1.13 bits per heavy atom. The average molecular weight is 537 g/mol. The second kappa shape index (κ2) is 14.0. The first kappa shape index (κ1) is 29.1. The van der Waals surface area contributed by atoms with Gasteiger partial charge in [-0.15, -0.1) is 0 Å². The molecular formula is C39H68. The summed E-state index contributed by atoms with van der Waals surface area (Å²) in [5.41, 5.74) is 0. The SMILES string of the molecule is CC1CCC(C(C2CCC(C3CCCCC3)CC2)C2CCC(C)C(C3CCCCC3)C2)CC1C1CCCCC1. The summed E-state index contributed by atoms with van der Waals surface area (Å²) in [7, 11) is 0. The third-order valence-corrected chi connectivity index (χ3v) is 14.9. The smallest absolute Gasteiger partial charge is 0.0329 e. The highest BCUT2D eigenvalue weighted by molar-refractivity contribution is 4.96. The Morgan fingerprint density at radius 1 is 0.333 bits per heavy atom. The van der Waals surface area contributed by atoms with E-state index in [9.17, 15) is 0 Å². The average Bonchev–Trinajstić information content (AvgIpc) is 3.00. The van der Waals surface area contributed by atoms with Crippen molar-refractivity contribution >= 4 is 0 Å². The molecule has 39 heavy (non-hydrogen) atoms. The highest BCUT2D eigenvalue weighted by atomic mass is 14.5. The molecule has 0 aromatic rings. The van der Waals surface area contributed by atoms with Crippen LogP contribution in [-0.2, 0) is 0 Å². The van der Waals surface area contributed by atoms with Crippen molar-refractivity contribution in [1.29, 1.82) is 0 Å². The maximum Gasteiger partial charge on any atom is -0.0329 e. The zero-order valence-corrected chi connectivity index (χ0v) is 26.6. The van der Waals surface area contributed by atoms with Crippen LogP contribution in [0.2, 0.25) is 0 Å². The van der Waals surface area contributed by atoms with E-state index in [4.69, 9.17) is 0 Å². The predicted octanol–water partition coefficient (Wildman–Crippen LogP) is 12.3. The van der Waals surface area contributed by atoms with E-state index in [0.717, 1.165) is 71.0 Å². The summed E-state index contributed by atoms with van der Waals surface area (Å²) in [5.74, 6) is 12.9. The largest absolute Gasteiger partial charge is 0.0622 e. The third-order valence-electron chi connectivity index (χ3n) is 14.9. The maximum absolute atomic E-state index is 2.67. The van der Waals surface area contributed by atoms with E-state index in [1.54, 1.807) is 116 Å². The fourth-order valence-corrected chi connectivity index (χ4v) is 12.7. The summed E-state index contributed by atoms with van der Waals surface area (Å²) < 4.78 is 0. The van der Waals surface area contributed by atoms with Crippen molar-refractivity contribution in [2.45, 2.75) is 174 Å². The topological polar surface area (TPSA) is 0 Å². The van der Waals surface area contributed by atoms with Gasteiger partial charge in [0.2, 0.25) is 0 Å². The van der Waals surface area contributed by atoms with Gasteiger partial charge in [-0.25, -0.2) is 0 Å². The van der Waals surface area contributed by atoms with E-state index in [-0.39, 0.29) is 0 Å². The van der Waals surface area contributed by atoms with Crippen molar-refractivity contribution in [3.05, 3.63) is 0 Å². The Labute approximate surface area is 245 Å². The van der Waals surface area contributed by atoms with Crippen molar-refractivity contribution in [1.82, 2.24) is 0 Å². The van der Waals surface area contributed by atoms with Gasteiger partial charge in [0.25, 0.3) is 0 Å². The molecule has 6 unspecified atom stereocenters. The fourth-order valence-electron chi connectivity index (χ4n) is 12.7. The molecule has 0 heterocycles. The molecule has 0 aromatic heterocycles. The van der Waals surface area contributed by atoms with Gasteiger partial charge in [-0.05, 0) is 122 Å². The lowest BCUT2D eigenvalue weighted by molar-refractivity contribution is -0.0127. The summed E-state index contributed by atoms with van der Waals surface area (Å²) in [4.78, 5) is 0. The summed E-state index contributed by atoms with van der Waals surface area (Å²) in [6.45, 7) is 5.34. The lowest BCUT2D eigenvalue weighted by Crippen LogP contribution is -2.42. The van der Waals surface area contributed by atoms with Crippen LogP contribution in [0.3, 0.4) is 0 Å². The van der Waals surface area contributed by atoms with Crippen molar-refractivity contribution in [2.75, 3.05) is 0 Å². The van der Waals surface area contributed by atoms with E-state index in [0.29, 0.717) is 0 Å². The molecule has 6 rings (SSSR count). The molecule has 6 aliphatic rings. The van der Waals surface area contributed by atoms with Gasteiger partial charge in [-0.1, -0.05) is 123 Å².